The van der Waals surface area contributed by atoms with Gasteiger partial charge < -0.3 is 4.57 Å². The Kier molecular flexibility index (Phi) is 3.53. The zero-order chi connectivity index (χ0) is 14.3. The van der Waals surface area contributed by atoms with E-state index in [1.165, 1.54) is 30.3 Å². The van der Waals surface area contributed by atoms with Crippen LogP contribution in [0.4, 0.5) is 0 Å². The third-order valence-corrected chi connectivity index (χ3v) is 4.73. The highest BCUT2D eigenvalue weighted by Crippen LogP contribution is 2.45. The zero-order valence-corrected chi connectivity index (χ0v) is 13.4. The molecule has 1 aromatic heterocycles. The van der Waals surface area contributed by atoms with Crippen molar-refractivity contribution in [2.75, 3.05) is 5.88 Å². The van der Waals surface area contributed by atoms with Crippen molar-refractivity contribution in [2.45, 2.75) is 52.5 Å². The van der Waals surface area contributed by atoms with Crippen LogP contribution in [0, 0.1) is 12.3 Å². The van der Waals surface area contributed by atoms with Gasteiger partial charge in [-0.1, -0.05) is 19.9 Å². The van der Waals surface area contributed by atoms with Crippen molar-refractivity contribution in [3.8, 4) is 0 Å². The maximum atomic E-state index is 5.98. The van der Waals surface area contributed by atoms with Crippen molar-refractivity contribution in [1.29, 1.82) is 0 Å². The average molecular weight is 291 g/mol. The number of hydrogen-bond donors (Lipinski definition) is 0. The van der Waals surface area contributed by atoms with E-state index in [0.717, 1.165) is 17.8 Å². The Morgan fingerprint density at radius 2 is 2.20 bits per heavy atom. The molecule has 1 heterocycles. The van der Waals surface area contributed by atoms with Crippen LogP contribution in [0.15, 0.2) is 18.2 Å². The molecule has 1 atom stereocenters. The zero-order valence-electron chi connectivity index (χ0n) is 12.6. The van der Waals surface area contributed by atoms with Gasteiger partial charge in [-0.2, -0.15) is 0 Å². The van der Waals surface area contributed by atoms with Crippen molar-refractivity contribution in [3.05, 3.63) is 29.6 Å². The van der Waals surface area contributed by atoms with Crippen molar-refractivity contribution >= 4 is 22.6 Å². The number of imidazole rings is 1. The summed E-state index contributed by atoms with van der Waals surface area (Å²) < 4.78 is 2.47. The van der Waals surface area contributed by atoms with Crippen LogP contribution < -0.4 is 0 Å². The number of rotatable bonds is 3. The number of fused-ring (bicyclic) bond motifs is 1. The molecule has 3 rings (SSSR count). The van der Waals surface area contributed by atoms with Gasteiger partial charge in [0, 0.05) is 18.3 Å². The van der Waals surface area contributed by atoms with E-state index in [2.05, 4.69) is 43.5 Å². The molecule has 1 unspecified atom stereocenters. The maximum Gasteiger partial charge on any atom is 0.111 e. The summed E-state index contributed by atoms with van der Waals surface area (Å²) in [6.07, 6.45) is 4.64. The minimum atomic E-state index is 0.448. The summed E-state index contributed by atoms with van der Waals surface area (Å²) in [4.78, 5) is 4.81. The van der Waals surface area contributed by atoms with Gasteiger partial charge in [0.05, 0.1) is 11.0 Å². The van der Waals surface area contributed by atoms with Gasteiger partial charge in [0.2, 0.25) is 0 Å². The van der Waals surface area contributed by atoms with Crippen molar-refractivity contribution in [3.63, 3.8) is 0 Å². The van der Waals surface area contributed by atoms with Crippen LogP contribution in [0.5, 0.6) is 0 Å². The minimum Gasteiger partial charge on any atom is -0.325 e. The first-order valence-electron chi connectivity index (χ1n) is 7.54. The van der Waals surface area contributed by atoms with E-state index in [1.54, 1.807) is 0 Å². The molecule has 2 aromatic rings. The Hall–Kier alpha value is -1.02. The first-order chi connectivity index (χ1) is 9.50. The third-order valence-electron chi connectivity index (χ3n) is 4.54. The molecule has 0 N–H and O–H groups in total. The van der Waals surface area contributed by atoms with Gasteiger partial charge in [-0.05, 0) is 49.3 Å². The number of halogens is 1. The first kappa shape index (κ1) is 13.9. The van der Waals surface area contributed by atoms with Crippen molar-refractivity contribution in [1.82, 2.24) is 9.55 Å². The number of nitrogens with zero attached hydrogens (tertiary/aromatic N) is 2. The molecule has 3 heteroatoms. The third kappa shape index (κ3) is 2.46. The summed E-state index contributed by atoms with van der Waals surface area (Å²) in [6, 6.07) is 7.13. The summed E-state index contributed by atoms with van der Waals surface area (Å²) in [5.41, 5.74) is 4.14. The van der Waals surface area contributed by atoms with Crippen molar-refractivity contribution in [2.24, 2.45) is 5.41 Å². The fourth-order valence-corrected chi connectivity index (χ4v) is 3.71. The molecule has 20 heavy (non-hydrogen) atoms. The Balaban J connectivity index is 2.11. The molecule has 0 saturated heterocycles. The average Bonchev–Trinajstić information content (AvgIpc) is 2.89. The van der Waals surface area contributed by atoms with E-state index in [4.69, 9.17) is 16.6 Å². The van der Waals surface area contributed by atoms with Crippen LogP contribution in [-0.2, 0) is 6.42 Å². The second-order valence-electron chi connectivity index (χ2n) is 6.89. The maximum absolute atomic E-state index is 5.98. The summed E-state index contributed by atoms with van der Waals surface area (Å²) in [7, 11) is 0. The van der Waals surface area contributed by atoms with E-state index in [1.807, 2.05) is 0 Å². The SMILES string of the molecule is Cc1ccc2nc(CCCl)n(C3CCC(C)(C)C3)c2c1. The molecule has 2 nitrogen and oxygen atoms in total. The molecule has 108 valence electrons. The molecule has 1 aliphatic carbocycles. The summed E-state index contributed by atoms with van der Waals surface area (Å²) in [5.74, 6) is 1.79. The molecule has 0 amide bonds. The summed E-state index contributed by atoms with van der Waals surface area (Å²) >= 11 is 5.98. The van der Waals surface area contributed by atoms with Gasteiger partial charge in [-0.3, -0.25) is 0 Å². The van der Waals surface area contributed by atoms with E-state index < -0.39 is 0 Å². The van der Waals surface area contributed by atoms with E-state index in [0.29, 0.717) is 17.3 Å². The van der Waals surface area contributed by atoms with Gasteiger partial charge in [-0.15, -0.1) is 11.6 Å². The van der Waals surface area contributed by atoms with E-state index >= 15 is 0 Å². The van der Waals surface area contributed by atoms with E-state index in [-0.39, 0.29) is 0 Å². The highest BCUT2D eigenvalue weighted by molar-refractivity contribution is 6.17. The van der Waals surface area contributed by atoms with Crippen LogP contribution in [0.2, 0.25) is 0 Å². The smallest absolute Gasteiger partial charge is 0.111 e. The number of benzene rings is 1. The van der Waals surface area contributed by atoms with E-state index in [9.17, 15) is 0 Å². The fourth-order valence-electron chi connectivity index (χ4n) is 3.54. The molecule has 1 aliphatic rings. The fraction of sp³-hybridized carbons (Fsp3) is 0.588. The molecule has 1 aromatic carbocycles. The lowest BCUT2D eigenvalue weighted by Gasteiger charge is -2.20. The van der Waals surface area contributed by atoms with Crippen LogP contribution >= 0.6 is 11.6 Å². The Morgan fingerprint density at radius 1 is 1.40 bits per heavy atom. The highest BCUT2D eigenvalue weighted by atomic mass is 35.5. The lowest BCUT2D eigenvalue weighted by atomic mass is 9.92. The molecular weight excluding hydrogens is 268 g/mol. The molecule has 0 radical (unpaired) electrons. The van der Waals surface area contributed by atoms with Crippen molar-refractivity contribution < 1.29 is 0 Å². The number of aryl methyl sites for hydroxylation is 2. The number of alkyl halides is 1. The number of hydrogen-bond acceptors (Lipinski definition) is 1. The predicted molar refractivity (Wildman–Crippen MR) is 85.6 cm³/mol. The quantitative estimate of drug-likeness (QED) is 0.737. The second kappa shape index (κ2) is 5.07. The number of aromatic nitrogens is 2. The Bertz CT molecular complexity index is 627. The lowest BCUT2D eigenvalue weighted by Crippen LogP contribution is -2.12. The second-order valence-corrected chi connectivity index (χ2v) is 7.27. The Labute approximate surface area is 126 Å². The van der Waals surface area contributed by atoms with Gasteiger partial charge >= 0.3 is 0 Å². The lowest BCUT2D eigenvalue weighted by molar-refractivity contribution is 0.358. The molecule has 1 saturated carbocycles. The highest BCUT2D eigenvalue weighted by Gasteiger charge is 2.33. The molecule has 0 aliphatic heterocycles. The molecule has 0 spiro atoms. The van der Waals surface area contributed by atoms with Gasteiger partial charge in [0.1, 0.15) is 5.82 Å². The van der Waals surface area contributed by atoms with Crippen LogP contribution in [-0.4, -0.2) is 15.4 Å². The van der Waals surface area contributed by atoms with Crippen LogP contribution in [0.1, 0.15) is 50.5 Å². The standard InChI is InChI=1S/C17H23ClN2/c1-12-4-5-14-15(10-12)20(16(19-14)7-9-18)13-6-8-17(2,3)11-13/h4-5,10,13H,6-9,11H2,1-3H3. The topological polar surface area (TPSA) is 17.8 Å². The van der Waals surface area contributed by atoms with Gasteiger partial charge in [-0.25, -0.2) is 4.98 Å². The van der Waals surface area contributed by atoms with Gasteiger partial charge in [0.25, 0.3) is 0 Å². The first-order valence-corrected chi connectivity index (χ1v) is 8.07. The summed E-state index contributed by atoms with van der Waals surface area (Å²) in [5, 5.41) is 0. The van der Waals surface area contributed by atoms with Gasteiger partial charge in [0.15, 0.2) is 0 Å². The molecular formula is C17H23ClN2. The normalized spacial score (nSPS) is 21.7. The predicted octanol–water partition coefficient (Wildman–Crippen LogP) is 4.88. The minimum absolute atomic E-state index is 0.448. The van der Waals surface area contributed by atoms with Crippen LogP contribution in [0.3, 0.4) is 0 Å². The largest absolute Gasteiger partial charge is 0.325 e. The monoisotopic (exact) mass is 290 g/mol. The molecule has 0 bridgehead atoms. The Morgan fingerprint density at radius 3 is 2.85 bits per heavy atom. The van der Waals surface area contributed by atoms with Crippen LogP contribution in [0.25, 0.3) is 11.0 Å². The summed E-state index contributed by atoms with van der Waals surface area (Å²) in [6.45, 7) is 6.90. The molecule has 1 fully saturated rings.